The summed E-state index contributed by atoms with van der Waals surface area (Å²) in [5.74, 6) is -0.791. The SMILES string of the molecule is CC[C@@H](C(=O)NC)N(Cc1ccc(Cl)cc1)C(=O)CN(c1ccc(C(C)(C)C)cc1)S(C)(=O)=O. The number of nitrogens with zero attached hydrogens (tertiary/aromatic N) is 2. The summed E-state index contributed by atoms with van der Waals surface area (Å²) in [4.78, 5) is 27.5. The Morgan fingerprint density at radius 3 is 2.03 bits per heavy atom. The highest BCUT2D eigenvalue weighted by Gasteiger charge is 2.31. The van der Waals surface area contributed by atoms with Crippen molar-refractivity contribution in [2.45, 2.75) is 52.1 Å². The van der Waals surface area contributed by atoms with Crippen LogP contribution in [0.2, 0.25) is 5.02 Å². The van der Waals surface area contributed by atoms with Crippen molar-refractivity contribution >= 4 is 39.1 Å². The molecule has 0 fully saturated rings. The lowest BCUT2D eigenvalue weighted by molar-refractivity contribution is -0.140. The Labute approximate surface area is 208 Å². The van der Waals surface area contributed by atoms with Gasteiger partial charge in [0.1, 0.15) is 12.6 Å². The molecule has 0 spiro atoms. The van der Waals surface area contributed by atoms with Gasteiger partial charge < -0.3 is 10.2 Å². The number of hydrogen-bond acceptors (Lipinski definition) is 4. The molecule has 186 valence electrons. The van der Waals surface area contributed by atoms with Crippen LogP contribution in [0.25, 0.3) is 0 Å². The second-order valence-electron chi connectivity index (χ2n) is 9.25. The van der Waals surface area contributed by atoms with Gasteiger partial charge in [-0.05, 0) is 47.2 Å². The summed E-state index contributed by atoms with van der Waals surface area (Å²) in [5.41, 5.74) is 2.12. The average molecular weight is 508 g/mol. The summed E-state index contributed by atoms with van der Waals surface area (Å²) >= 11 is 5.98. The van der Waals surface area contributed by atoms with Gasteiger partial charge in [0.05, 0.1) is 11.9 Å². The summed E-state index contributed by atoms with van der Waals surface area (Å²) in [6, 6.07) is 13.4. The van der Waals surface area contributed by atoms with Crippen LogP contribution in [0.5, 0.6) is 0 Å². The van der Waals surface area contributed by atoms with Crippen molar-refractivity contribution in [3.05, 3.63) is 64.7 Å². The van der Waals surface area contributed by atoms with E-state index < -0.39 is 28.5 Å². The molecule has 2 aromatic rings. The molecule has 0 aromatic heterocycles. The number of rotatable bonds is 9. The molecular weight excluding hydrogens is 474 g/mol. The quantitative estimate of drug-likeness (QED) is 0.556. The van der Waals surface area contributed by atoms with E-state index in [1.165, 1.54) is 11.9 Å². The van der Waals surface area contributed by atoms with Crippen LogP contribution >= 0.6 is 11.6 Å². The van der Waals surface area contributed by atoms with Crippen molar-refractivity contribution < 1.29 is 18.0 Å². The van der Waals surface area contributed by atoms with Crippen molar-refractivity contribution in [3.63, 3.8) is 0 Å². The largest absolute Gasteiger partial charge is 0.357 e. The number of hydrogen-bond donors (Lipinski definition) is 1. The molecule has 9 heteroatoms. The fraction of sp³-hybridized carbons (Fsp3) is 0.440. The van der Waals surface area contributed by atoms with Crippen molar-refractivity contribution in [2.24, 2.45) is 0 Å². The van der Waals surface area contributed by atoms with Crippen LogP contribution in [0.1, 0.15) is 45.2 Å². The Hall–Kier alpha value is -2.58. The first-order valence-corrected chi connectivity index (χ1v) is 13.3. The van der Waals surface area contributed by atoms with Crippen LogP contribution in [0.3, 0.4) is 0 Å². The predicted octanol–water partition coefficient (Wildman–Crippen LogP) is 3.96. The van der Waals surface area contributed by atoms with Crippen LogP contribution in [0.4, 0.5) is 5.69 Å². The van der Waals surface area contributed by atoms with Gasteiger partial charge in [-0.1, -0.05) is 63.6 Å². The molecule has 2 aromatic carbocycles. The minimum absolute atomic E-state index is 0.0957. The van der Waals surface area contributed by atoms with E-state index in [1.807, 2.05) is 19.1 Å². The van der Waals surface area contributed by atoms with Crippen LogP contribution in [0, 0.1) is 0 Å². The molecule has 1 atom stereocenters. The molecule has 2 amide bonds. The van der Waals surface area contributed by atoms with Crippen LogP contribution in [0.15, 0.2) is 48.5 Å². The van der Waals surface area contributed by atoms with Crippen molar-refractivity contribution in [2.75, 3.05) is 24.2 Å². The maximum Gasteiger partial charge on any atom is 0.244 e. The predicted molar refractivity (Wildman–Crippen MR) is 137 cm³/mol. The molecule has 1 N–H and O–H groups in total. The zero-order valence-electron chi connectivity index (χ0n) is 20.6. The number of nitrogens with one attached hydrogen (secondary N) is 1. The number of carbonyl (C=O) groups is 2. The molecule has 34 heavy (non-hydrogen) atoms. The van der Waals surface area contributed by atoms with E-state index in [0.717, 1.165) is 21.7 Å². The first-order valence-electron chi connectivity index (χ1n) is 11.1. The van der Waals surface area contributed by atoms with Crippen LogP contribution in [-0.4, -0.2) is 51.0 Å². The molecule has 0 aliphatic rings. The maximum atomic E-state index is 13.5. The van der Waals surface area contributed by atoms with Crippen LogP contribution in [-0.2, 0) is 31.6 Å². The summed E-state index contributed by atoms with van der Waals surface area (Å²) < 4.78 is 26.4. The highest BCUT2D eigenvalue weighted by Crippen LogP contribution is 2.26. The number of amides is 2. The maximum absolute atomic E-state index is 13.5. The highest BCUT2D eigenvalue weighted by molar-refractivity contribution is 7.92. The molecule has 0 heterocycles. The van der Waals surface area contributed by atoms with E-state index in [4.69, 9.17) is 11.6 Å². The molecule has 2 rings (SSSR count). The number of anilines is 1. The van der Waals surface area contributed by atoms with Gasteiger partial charge in [-0.3, -0.25) is 13.9 Å². The van der Waals surface area contributed by atoms with Crippen LogP contribution < -0.4 is 9.62 Å². The Balaban J connectivity index is 2.42. The smallest absolute Gasteiger partial charge is 0.244 e. The minimum atomic E-state index is -3.76. The van der Waals surface area contributed by atoms with Crippen molar-refractivity contribution in [1.82, 2.24) is 10.2 Å². The molecule has 0 saturated carbocycles. The van der Waals surface area contributed by atoms with Crippen molar-refractivity contribution in [1.29, 1.82) is 0 Å². The van der Waals surface area contributed by atoms with Gasteiger partial charge in [0.25, 0.3) is 0 Å². The fourth-order valence-electron chi connectivity index (χ4n) is 3.61. The van der Waals surface area contributed by atoms with Crippen molar-refractivity contribution in [3.8, 4) is 0 Å². The third-order valence-electron chi connectivity index (χ3n) is 5.60. The third-order valence-corrected chi connectivity index (χ3v) is 6.99. The van der Waals surface area contributed by atoms with E-state index in [1.54, 1.807) is 36.4 Å². The Morgan fingerprint density at radius 2 is 1.59 bits per heavy atom. The third kappa shape index (κ3) is 7.21. The standard InChI is InChI=1S/C25H34ClN3O4S/c1-7-22(24(31)27-5)28(16-18-8-12-20(26)13-9-18)23(30)17-29(34(6,32)33)21-14-10-19(11-15-21)25(2,3)4/h8-15,22H,7,16-17H2,1-6H3,(H,27,31)/t22-/m0/s1. The Morgan fingerprint density at radius 1 is 1.03 bits per heavy atom. The van der Waals surface area contributed by atoms with E-state index >= 15 is 0 Å². The first-order chi connectivity index (χ1) is 15.8. The molecule has 0 radical (unpaired) electrons. The first kappa shape index (κ1) is 27.7. The minimum Gasteiger partial charge on any atom is -0.357 e. The van der Waals surface area contributed by atoms with Gasteiger partial charge in [0.2, 0.25) is 21.8 Å². The van der Waals surface area contributed by atoms with E-state index in [2.05, 4.69) is 26.1 Å². The summed E-state index contributed by atoms with van der Waals surface area (Å²) in [6.45, 7) is 7.73. The molecule has 0 aliphatic heterocycles. The van der Waals surface area contributed by atoms with Gasteiger partial charge in [0, 0.05) is 18.6 Å². The van der Waals surface area contributed by atoms with Gasteiger partial charge >= 0.3 is 0 Å². The second-order valence-corrected chi connectivity index (χ2v) is 11.6. The Bertz CT molecular complexity index is 1090. The van der Waals surface area contributed by atoms with Gasteiger partial charge in [-0.25, -0.2) is 8.42 Å². The van der Waals surface area contributed by atoms with E-state index in [0.29, 0.717) is 17.1 Å². The summed E-state index contributed by atoms with van der Waals surface area (Å²) in [6.07, 6.45) is 1.44. The zero-order chi connectivity index (χ0) is 25.7. The summed E-state index contributed by atoms with van der Waals surface area (Å²) in [7, 11) is -2.25. The molecule has 0 saturated heterocycles. The molecule has 0 aliphatic carbocycles. The summed E-state index contributed by atoms with van der Waals surface area (Å²) in [5, 5.41) is 3.15. The zero-order valence-corrected chi connectivity index (χ0v) is 22.2. The van der Waals surface area contributed by atoms with Gasteiger partial charge in [-0.15, -0.1) is 0 Å². The number of sulfonamides is 1. The van der Waals surface area contributed by atoms with Gasteiger partial charge in [-0.2, -0.15) is 0 Å². The average Bonchev–Trinajstić information content (AvgIpc) is 2.77. The van der Waals surface area contributed by atoms with Gasteiger partial charge in [0.15, 0.2) is 0 Å². The number of likely N-dealkylation sites (N-methyl/N-ethyl adjacent to an activating group) is 1. The lowest BCUT2D eigenvalue weighted by atomic mass is 9.87. The monoisotopic (exact) mass is 507 g/mol. The molecule has 7 nitrogen and oxygen atoms in total. The van der Waals surface area contributed by atoms with E-state index in [-0.39, 0.29) is 17.9 Å². The molecule has 0 bridgehead atoms. The topological polar surface area (TPSA) is 86.8 Å². The number of benzene rings is 2. The lowest BCUT2D eigenvalue weighted by Crippen LogP contribution is -2.51. The fourth-order valence-corrected chi connectivity index (χ4v) is 4.59. The second kappa shape index (κ2) is 11.2. The lowest BCUT2D eigenvalue weighted by Gasteiger charge is -2.32. The van der Waals surface area contributed by atoms with E-state index in [9.17, 15) is 18.0 Å². The Kier molecular flexibility index (Phi) is 9.14. The normalized spacial score (nSPS) is 12.7. The molecular formula is C25H34ClN3O4S. The number of carbonyl (C=O) groups excluding carboxylic acids is 2. The molecule has 0 unspecified atom stereocenters. The highest BCUT2D eigenvalue weighted by atomic mass is 35.5. The number of halogens is 1.